The van der Waals surface area contributed by atoms with Gasteiger partial charge in [0.05, 0.1) is 27.7 Å². The van der Waals surface area contributed by atoms with E-state index in [1.54, 1.807) is 0 Å². The Morgan fingerprint density at radius 2 is 1.89 bits per heavy atom. The van der Waals surface area contributed by atoms with Gasteiger partial charge in [0.15, 0.2) is 0 Å². The molecule has 1 aromatic rings. The van der Waals surface area contributed by atoms with Crippen LogP contribution in [0.3, 0.4) is 0 Å². The van der Waals surface area contributed by atoms with E-state index >= 15 is 0 Å². The molecule has 0 N–H and O–H groups in total. The van der Waals surface area contributed by atoms with Gasteiger partial charge in [-0.2, -0.15) is 0 Å². The summed E-state index contributed by atoms with van der Waals surface area (Å²) in [5.41, 5.74) is 1.04. The van der Waals surface area contributed by atoms with Crippen molar-refractivity contribution in [1.82, 2.24) is 0 Å². The van der Waals surface area contributed by atoms with E-state index in [2.05, 4.69) is 0 Å². The molecular weight excluding hydrogens is 230 g/mol. The van der Waals surface area contributed by atoms with E-state index < -0.39 is 5.97 Å². The van der Waals surface area contributed by atoms with Crippen molar-refractivity contribution in [3.8, 4) is 0 Å². The lowest BCUT2D eigenvalue weighted by molar-refractivity contribution is -0.873. The van der Waals surface area contributed by atoms with Crippen molar-refractivity contribution in [3.63, 3.8) is 0 Å². The number of carbonyl (C=O) groups excluding carboxylic acids is 1. The fraction of sp³-hybridized carbons (Fsp3) is 0.500. The van der Waals surface area contributed by atoms with Crippen LogP contribution in [0.2, 0.25) is 0 Å². The van der Waals surface area contributed by atoms with Crippen LogP contribution in [-0.4, -0.2) is 44.2 Å². The second kappa shape index (κ2) is 6.52. The zero-order valence-corrected chi connectivity index (χ0v) is 11.3. The standard InChI is InChI=1S/C14H21NO3/c1-15(2,3)10-13(9-14(16)17)18-11-12-7-5-4-6-8-12/h4-8,13H,9-11H2,1-3H3. The summed E-state index contributed by atoms with van der Waals surface area (Å²) in [4.78, 5) is 10.7. The highest BCUT2D eigenvalue weighted by molar-refractivity contribution is 5.64. The van der Waals surface area contributed by atoms with E-state index in [0.29, 0.717) is 17.6 Å². The highest BCUT2D eigenvalue weighted by Gasteiger charge is 2.19. The number of carboxylic acids is 1. The smallest absolute Gasteiger partial charge is 0.112 e. The topological polar surface area (TPSA) is 49.4 Å². The summed E-state index contributed by atoms with van der Waals surface area (Å²) < 4.78 is 6.34. The van der Waals surface area contributed by atoms with Crippen LogP contribution in [0.4, 0.5) is 0 Å². The first kappa shape index (κ1) is 14.7. The number of hydrogen-bond donors (Lipinski definition) is 0. The molecule has 1 unspecified atom stereocenters. The highest BCUT2D eigenvalue weighted by Crippen LogP contribution is 2.08. The van der Waals surface area contributed by atoms with Gasteiger partial charge in [-0.05, 0) is 5.56 Å². The average Bonchev–Trinajstić information content (AvgIpc) is 2.24. The number of aliphatic carboxylic acids is 1. The number of nitrogens with zero attached hydrogens (tertiary/aromatic N) is 1. The number of quaternary nitrogens is 1. The predicted molar refractivity (Wildman–Crippen MR) is 67.5 cm³/mol. The maximum Gasteiger partial charge on any atom is 0.112 e. The number of benzene rings is 1. The van der Waals surface area contributed by atoms with Gasteiger partial charge < -0.3 is 19.1 Å². The van der Waals surface area contributed by atoms with Crippen molar-refractivity contribution in [3.05, 3.63) is 35.9 Å². The third kappa shape index (κ3) is 6.37. The van der Waals surface area contributed by atoms with Crippen LogP contribution in [0, 0.1) is 0 Å². The summed E-state index contributed by atoms with van der Waals surface area (Å²) in [6, 6.07) is 9.73. The van der Waals surface area contributed by atoms with Crippen LogP contribution in [0.15, 0.2) is 30.3 Å². The van der Waals surface area contributed by atoms with Gasteiger partial charge in [-0.25, -0.2) is 0 Å². The zero-order chi connectivity index (χ0) is 13.6. The molecule has 0 aliphatic carbocycles. The normalized spacial score (nSPS) is 13.3. The molecule has 1 rings (SSSR count). The molecule has 0 heterocycles. The van der Waals surface area contributed by atoms with Gasteiger partial charge in [-0.15, -0.1) is 0 Å². The molecule has 4 heteroatoms. The number of hydrogen-bond acceptors (Lipinski definition) is 3. The van der Waals surface area contributed by atoms with Crippen molar-refractivity contribution in [2.75, 3.05) is 27.7 Å². The van der Waals surface area contributed by atoms with Gasteiger partial charge in [0.2, 0.25) is 0 Å². The predicted octanol–water partition coefficient (Wildman–Crippen LogP) is 0.418. The molecule has 4 nitrogen and oxygen atoms in total. The lowest BCUT2D eigenvalue weighted by atomic mass is 10.2. The number of carbonyl (C=O) groups is 1. The van der Waals surface area contributed by atoms with E-state index in [9.17, 15) is 9.90 Å². The van der Waals surface area contributed by atoms with E-state index in [1.807, 2.05) is 51.5 Å². The SMILES string of the molecule is C[N+](C)(C)CC(CC(=O)[O-])OCc1ccccc1. The van der Waals surface area contributed by atoms with Crippen molar-refractivity contribution < 1.29 is 19.1 Å². The first-order valence-electron chi connectivity index (χ1n) is 6.02. The van der Waals surface area contributed by atoms with Crippen LogP contribution >= 0.6 is 0 Å². The van der Waals surface area contributed by atoms with Crippen molar-refractivity contribution in [2.45, 2.75) is 19.1 Å². The molecule has 0 aliphatic heterocycles. The molecule has 1 atom stereocenters. The Hall–Kier alpha value is -1.39. The molecule has 0 saturated carbocycles. The molecule has 0 amide bonds. The summed E-state index contributed by atoms with van der Waals surface area (Å²) in [5.74, 6) is -1.07. The largest absolute Gasteiger partial charge is 0.550 e. The average molecular weight is 251 g/mol. The molecular formula is C14H21NO3. The Morgan fingerprint density at radius 3 is 2.39 bits per heavy atom. The van der Waals surface area contributed by atoms with Crippen molar-refractivity contribution in [1.29, 1.82) is 0 Å². The summed E-state index contributed by atoms with van der Waals surface area (Å²) in [6.07, 6.45) is -0.391. The third-order valence-corrected chi connectivity index (χ3v) is 2.47. The third-order valence-electron chi connectivity index (χ3n) is 2.47. The fourth-order valence-electron chi connectivity index (χ4n) is 1.76. The van der Waals surface area contributed by atoms with E-state index in [4.69, 9.17) is 4.74 Å². The second-order valence-corrected chi connectivity index (χ2v) is 5.47. The minimum Gasteiger partial charge on any atom is -0.550 e. The first-order valence-corrected chi connectivity index (χ1v) is 6.02. The molecule has 0 aromatic heterocycles. The van der Waals surface area contributed by atoms with Gasteiger partial charge in [-0.3, -0.25) is 0 Å². The first-order chi connectivity index (χ1) is 8.37. The molecule has 0 fully saturated rings. The lowest BCUT2D eigenvalue weighted by Gasteiger charge is -2.29. The Labute approximate surface area is 108 Å². The van der Waals surface area contributed by atoms with Gasteiger partial charge in [0, 0.05) is 12.4 Å². The quantitative estimate of drug-likeness (QED) is 0.660. The van der Waals surface area contributed by atoms with Crippen LogP contribution < -0.4 is 5.11 Å². The summed E-state index contributed by atoms with van der Waals surface area (Å²) in [5, 5.41) is 10.7. The van der Waals surface area contributed by atoms with Gasteiger partial charge in [0.25, 0.3) is 0 Å². The van der Waals surface area contributed by atoms with Crippen LogP contribution in [0.25, 0.3) is 0 Å². The van der Waals surface area contributed by atoms with Gasteiger partial charge in [-0.1, -0.05) is 30.3 Å². The minimum atomic E-state index is -1.07. The highest BCUT2D eigenvalue weighted by atomic mass is 16.5. The van der Waals surface area contributed by atoms with Gasteiger partial charge >= 0.3 is 0 Å². The maximum atomic E-state index is 10.7. The Bertz CT molecular complexity index is 370. The maximum absolute atomic E-state index is 10.7. The summed E-state index contributed by atoms with van der Waals surface area (Å²) in [6.45, 7) is 1.07. The lowest BCUT2D eigenvalue weighted by Crippen LogP contribution is -2.44. The monoisotopic (exact) mass is 251 g/mol. The van der Waals surface area contributed by atoms with Crippen molar-refractivity contribution >= 4 is 5.97 Å². The van der Waals surface area contributed by atoms with Crippen LogP contribution in [-0.2, 0) is 16.1 Å². The van der Waals surface area contributed by atoms with Crippen molar-refractivity contribution in [2.24, 2.45) is 0 Å². The molecule has 100 valence electrons. The molecule has 0 saturated heterocycles. The Morgan fingerprint density at radius 1 is 1.28 bits per heavy atom. The molecule has 1 aromatic carbocycles. The van der Waals surface area contributed by atoms with E-state index in [1.165, 1.54) is 0 Å². The number of carboxylic acid groups (broad SMARTS) is 1. The minimum absolute atomic E-state index is 0.0671. The summed E-state index contributed by atoms with van der Waals surface area (Å²) >= 11 is 0. The number of ether oxygens (including phenoxy) is 1. The molecule has 18 heavy (non-hydrogen) atoms. The van der Waals surface area contributed by atoms with Gasteiger partial charge in [0.1, 0.15) is 12.6 Å². The second-order valence-electron chi connectivity index (χ2n) is 5.47. The Balaban J connectivity index is 2.53. The molecule has 0 spiro atoms. The molecule has 0 bridgehead atoms. The number of likely N-dealkylation sites (N-methyl/N-ethyl adjacent to an activating group) is 1. The van der Waals surface area contributed by atoms with E-state index in [0.717, 1.165) is 5.56 Å². The molecule has 0 radical (unpaired) electrons. The molecule has 0 aliphatic rings. The van der Waals surface area contributed by atoms with E-state index in [-0.39, 0.29) is 12.5 Å². The summed E-state index contributed by atoms with van der Waals surface area (Å²) in [7, 11) is 6.02. The zero-order valence-electron chi connectivity index (χ0n) is 11.3. The fourth-order valence-corrected chi connectivity index (χ4v) is 1.76. The Kier molecular flexibility index (Phi) is 5.31. The van der Waals surface area contributed by atoms with Crippen LogP contribution in [0.5, 0.6) is 0 Å². The van der Waals surface area contributed by atoms with Crippen LogP contribution in [0.1, 0.15) is 12.0 Å². The number of rotatable bonds is 7.